The Morgan fingerprint density at radius 1 is 0.864 bits per heavy atom. The van der Waals surface area contributed by atoms with Crippen LogP contribution in [0.3, 0.4) is 0 Å². The van der Waals surface area contributed by atoms with E-state index in [2.05, 4.69) is 4.40 Å². The van der Waals surface area contributed by atoms with Gasteiger partial charge in [-0.25, -0.2) is 0 Å². The molecule has 0 saturated carbocycles. The second-order valence-electron chi connectivity index (χ2n) is 4.74. The lowest BCUT2D eigenvalue weighted by molar-refractivity contribution is 0.103. The maximum atomic E-state index is 12.4. The van der Waals surface area contributed by atoms with Crippen molar-refractivity contribution >= 4 is 21.5 Å². The van der Waals surface area contributed by atoms with Crippen LogP contribution < -0.4 is 5.73 Å². The topological polar surface area (TPSA) is 89.6 Å². The molecule has 0 aromatic heterocycles. The average molecular weight is 312 g/mol. The summed E-state index contributed by atoms with van der Waals surface area (Å²) in [5.74, 6) is -0.327. The van der Waals surface area contributed by atoms with Crippen LogP contribution in [0.25, 0.3) is 0 Å². The van der Waals surface area contributed by atoms with E-state index in [0.29, 0.717) is 11.1 Å². The molecule has 5 nitrogen and oxygen atoms in total. The number of ketones is 1. The third kappa shape index (κ3) is 2.44. The fourth-order valence-corrected chi connectivity index (χ4v) is 3.22. The molecule has 0 amide bonds. The zero-order valence-electron chi connectivity index (χ0n) is 11.4. The molecule has 0 fully saturated rings. The summed E-state index contributed by atoms with van der Waals surface area (Å²) in [5.41, 5.74) is 6.62. The van der Waals surface area contributed by atoms with Gasteiger partial charge in [0, 0.05) is 11.1 Å². The van der Waals surface area contributed by atoms with Crippen molar-refractivity contribution in [3.8, 4) is 0 Å². The zero-order valence-corrected chi connectivity index (χ0v) is 12.2. The Balaban J connectivity index is 2.18. The van der Waals surface area contributed by atoms with E-state index in [4.69, 9.17) is 5.73 Å². The predicted octanol–water partition coefficient (Wildman–Crippen LogP) is 1.90. The number of fused-ring (bicyclic) bond motifs is 1. The highest BCUT2D eigenvalue weighted by Gasteiger charge is 2.24. The summed E-state index contributed by atoms with van der Waals surface area (Å²) in [6.45, 7) is 0. The van der Waals surface area contributed by atoms with Crippen LogP contribution in [0.15, 0.2) is 75.7 Å². The fourth-order valence-electron chi connectivity index (χ4n) is 2.20. The Kier molecular flexibility index (Phi) is 3.38. The van der Waals surface area contributed by atoms with E-state index in [1.165, 1.54) is 18.2 Å². The normalized spacial score (nSPS) is 16.3. The van der Waals surface area contributed by atoms with E-state index in [1.807, 2.05) is 0 Å². The molecule has 1 aliphatic carbocycles. The molecule has 0 saturated heterocycles. The maximum absolute atomic E-state index is 12.4. The number of hydrogen-bond acceptors (Lipinski definition) is 4. The lowest BCUT2D eigenvalue weighted by Gasteiger charge is -2.14. The number of nitrogens with zero attached hydrogens (tertiary/aromatic N) is 1. The molecule has 0 spiro atoms. The minimum absolute atomic E-state index is 0.0271. The van der Waals surface area contributed by atoms with Crippen molar-refractivity contribution in [2.75, 3.05) is 0 Å². The van der Waals surface area contributed by atoms with Gasteiger partial charge < -0.3 is 5.73 Å². The average Bonchev–Trinajstić information content (AvgIpc) is 2.53. The Morgan fingerprint density at radius 3 is 2.14 bits per heavy atom. The summed E-state index contributed by atoms with van der Waals surface area (Å²) >= 11 is 0. The lowest BCUT2D eigenvalue weighted by atomic mass is 9.93. The summed E-state index contributed by atoms with van der Waals surface area (Å²) in [5, 5.41) is 0. The van der Waals surface area contributed by atoms with Crippen molar-refractivity contribution < 1.29 is 13.2 Å². The van der Waals surface area contributed by atoms with Gasteiger partial charge in [-0.1, -0.05) is 42.5 Å². The van der Waals surface area contributed by atoms with Gasteiger partial charge in [0.25, 0.3) is 10.0 Å². The monoisotopic (exact) mass is 312 g/mol. The predicted molar refractivity (Wildman–Crippen MR) is 83.2 cm³/mol. The number of sulfonamides is 1. The Hall–Kier alpha value is -2.73. The van der Waals surface area contributed by atoms with Crippen molar-refractivity contribution in [2.24, 2.45) is 10.1 Å². The number of benzene rings is 2. The van der Waals surface area contributed by atoms with Gasteiger partial charge in [0.15, 0.2) is 0 Å². The highest BCUT2D eigenvalue weighted by molar-refractivity contribution is 7.90. The summed E-state index contributed by atoms with van der Waals surface area (Å²) in [6.07, 6.45) is 1.30. The molecule has 2 aromatic rings. The van der Waals surface area contributed by atoms with E-state index in [-0.39, 0.29) is 22.1 Å². The third-order valence-corrected chi connectivity index (χ3v) is 4.57. The van der Waals surface area contributed by atoms with E-state index >= 15 is 0 Å². The van der Waals surface area contributed by atoms with Crippen molar-refractivity contribution in [3.63, 3.8) is 0 Å². The first kappa shape index (κ1) is 14.2. The molecule has 0 bridgehead atoms. The molecule has 1 aliphatic rings. The SMILES string of the molecule is NC1=C/C(=N\S(=O)(=O)c2ccccc2)c2ccccc2C1=O. The van der Waals surface area contributed by atoms with Crippen molar-refractivity contribution in [2.45, 2.75) is 4.90 Å². The van der Waals surface area contributed by atoms with Gasteiger partial charge >= 0.3 is 0 Å². The number of carbonyl (C=O) groups is 1. The molecule has 3 rings (SSSR count). The lowest BCUT2D eigenvalue weighted by Crippen LogP contribution is -2.22. The van der Waals surface area contributed by atoms with Crippen LogP contribution in [0.1, 0.15) is 15.9 Å². The molecule has 0 radical (unpaired) electrons. The van der Waals surface area contributed by atoms with Crippen LogP contribution in [0.5, 0.6) is 0 Å². The first-order chi connectivity index (χ1) is 10.5. The molecule has 2 N–H and O–H groups in total. The first-order valence-corrected chi connectivity index (χ1v) is 7.94. The molecular weight excluding hydrogens is 300 g/mol. The van der Waals surface area contributed by atoms with E-state index in [1.54, 1.807) is 42.5 Å². The highest BCUT2D eigenvalue weighted by atomic mass is 32.2. The summed E-state index contributed by atoms with van der Waals surface area (Å²) in [6, 6.07) is 14.5. The second kappa shape index (κ2) is 5.23. The second-order valence-corrected chi connectivity index (χ2v) is 6.34. The zero-order chi connectivity index (χ0) is 15.7. The van der Waals surface area contributed by atoms with Crippen molar-refractivity contribution in [1.82, 2.24) is 0 Å². The number of carbonyl (C=O) groups excluding carboxylic acids is 1. The van der Waals surface area contributed by atoms with E-state index < -0.39 is 10.0 Å². The number of allylic oxidation sites excluding steroid dienone is 2. The standard InChI is InChI=1S/C16H12N2O3S/c17-14-10-15(12-8-4-5-9-13(12)16(14)19)18-22(20,21)11-6-2-1-3-7-11/h1-10H,17H2/b18-15+. The Labute approximate surface area is 127 Å². The van der Waals surface area contributed by atoms with Gasteiger partial charge in [0.05, 0.1) is 16.3 Å². The van der Waals surface area contributed by atoms with E-state index in [9.17, 15) is 13.2 Å². The molecule has 110 valence electrons. The van der Waals surface area contributed by atoms with Crippen molar-refractivity contribution in [3.05, 3.63) is 77.5 Å². The highest BCUT2D eigenvalue weighted by Crippen LogP contribution is 2.21. The van der Waals surface area contributed by atoms with Crippen LogP contribution in [-0.2, 0) is 10.0 Å². The van der Waals surface area contributed by atoms with Crippen molar-refractivity contribution in [1.29, 1.82) is 0 Å². The van der Waals surface area contributed by atoms with Crippen LogP contribution in [0.2, 0.25) is 0 Å². The summed E-state index contributed by atoms with van der Waals surface area (Å²) in [4.78, 5) is 12.1. The minimum Gasteiger partial charge on any atom is -0.395 e. The molecule has 0 unspecified atom stereocenters. The fraction of sp³-hybridized carbons (Fsp3) is 0. The van der Waals surface area contributed by atoms with Crippen LogP contribution in [0.4, 0.5) is 0 Å². The number of Topliss-reactive ketones (excluding diaryl/α,β-unsaturated/α-hetero) is 1. The minimum atomic E-state index is -3.87. The van der Waals surface area contributed by atoms with Gasteiger partial charge in [-0.15, -0.1) is 0 Å². The van der Waals surface area contributed by atoms with Gasteiger partial charge in [0.2, 0.25) is 5.78 Å². The molecule has 22 heavy (non-hydrogen) atoms. The number of nitrogens with two attached hydrogens (primary N) is 1. The number of hydrogen-bond donors (Lipinski definition) is 1. The van der Waals surface area contributed by atoms with Crippen LogP contribution in [-0.4, -0.2) is 19.9 Å². The number of rotatable bonds is 2. The maximum Gasteiger partial charge on any atom is 0.282 e. The molecule has 2 aromatic carbocycles. The third-order valence-electron chi connectivity index (χ3n) is 3.26. The van der Waals surface area contributed by atoms with Gasteiger partial charge in [0.1, 0.15) is 0 Å². The first-order valence-electron chi connectivity index (χ1n) is 6.50. The summed E-state index contributed by atoms with van der Waals surface area (Å²) < 4.78 is 28.6. The molecule has 0 heterocycles. The molecule has 0 aliphatic heterocycles. The Bertz CT molecular complexity index is 913. The Morgan fingerprint density at radius 2 is 1.45 bits per heavy atom. The molecule has 0 atom stereocenters. The van der Waals surface area contributed by atoms with Crippen LogP contribution >= 0.6 is 0 Å². The van der Waals surface area contributed by atoms with Gasteiger partial charge in [-0.2, -0.15) is 12.8 Å². The summed E-state index contributed by atoms with van der Waals surface area (Å²) in [7, 11) is -3.87. The largest absolute Gasteiger partial charge is 0.395 e. The van der Waals surface area contributed by atoms with E-state index in [0.717, 1.165) is 0 Å². The molecular formula is C16H12N2O3S. The smallest absolute Gasteiger partial charge is 0.282 e. The molecule has 6 heteroatoms. The van der Waals surface area contributed by atoms with Crippen LogP contribution in [0, 0.1) is 0 Å². The quantitative estimate of drug-likeness (QED) is 0.917. The van der Waals surface area contributed by atoms with Gasteiger partial charge in [-0.05, 0) is 18.2 Å². The van der Waals surface area contributed by atoms with Gasteiger partial charge in [-0.3, -0.25) is 4.79 Å².